The van der Waals surface area contributed by atoms with E-state index in [1.165, 1.54) is 26.1 Å². The van der Waals surface area contributed by atoms with Gasteiger partial charge in [0.05, 0.1) is 24.8 Å². The van der Waals surface area contributed by atoms with Crippen LogP contribution in [-0.2, 0) is 4.79 Å². The van der Waals surface area contributed by atoms with Crippen molar-refractivity contribution in [3.63, 3.8) is 0 Å². The van der Waals surface area contributed by atoms with Crippen molar-refractivity contribution in [1.29, 1.82) is 0 Å². The molecule has 0 saturated heterocycles. The number of ether oxygens (including phenoxy) is 2. The number of methoxy groups -OCH3 is 1. The van der Waals surface area contributed by atoms with E-state index < -0.39 is 6.10 Å². The number of aliphatic hydroxyl groups is 1. The van der Waals surface area contributed by atoms with Gasteiger partial charge in [0, 0.05) is 23.3 Å². The molecule has 2 aliphatic carbocycles. The Kier molecular flexibility index (Phi) is 7.51. The van der Waals surface area contributed by atoms with E-state index in [9.17, 15) is 14.7 Å². The summed E-state index contributed by atoms with van der Waals surface area (Å²) in [5.74, 6) is 1.45. The van der Waals surface area contributed by atoms with Gasteiger partial charge in [0.2, 0.25) is 5.91 Å². The van der Waals surface area contributed by atoms with Crippen LogP contribution >= 0.6 is 0 Å². The van der Waals surface area contributed by atoms with E-state index in [4.69, 9.17) is 9.47 Å². The molecule has 3 aromatic rings. The number of amides is 2. The summed E-state index contributed by atoms with van der Waals surface area (Å²) in [6.07, 6.45) is 5.78. The Bertz CT molecular complexity index is 1320. The molecule has 1 atom stereocenters. The van der Waals surface area contributed by atoms with Crippen molar-refractivity contribution in [1.82, 2.24) is 25.6 Å². The van der Waals surface area contributed by atoms with E-state index in [0.717, 1.165) is 37.0 Å². The summed E-state index contributed by atoms with van der Waals surface area (Å²) in [6, 6.07) is 5.67. The third-order valence-electron chi connectivity index (χ3n) is 7.40. The average Bonchev–Trinajstić information content (AvgIpc) is 3.67. The number of aromatic nitrogens is 3. The van der Waals surface area contributed by atoms with Crippen LogP contribution in [0.5, 0.6) is 11.5 Å². The highest BCUT2D eigenvalue weighted by Gasteiger charge is 2.28. The van der Waals surface area contributed by atoms with Crippen molar-refractivity contribution >= 4 is 22.8 Å². The van der Waals surface area contributed by atoms with Crippen LogP contribution in [0.25, 0.3) is 22.3 Å². The van der Waals surface area contributed by atoms with Gasteiger partial charge in [0.1, 0.15) is 35.1 Å². The molecule has 1 aromatic carbocycles. The Hall–Kier alpha value is -3.66. The highest BCUT2D eigenvalue weighted by molar-refractivity contribution is 6.09. The van der Waals surface area contributed by atoms with E-state index in [0.29, 0.717) is 46.3 Å². The smallest absolute Gasteiger partial charge is 0.255 e. The third-order valence-corrected chi connectivity index (χ3v) is 7.40. The van der Waals surface area contributed by atoms with Gasteiger partial charge < -0.3 is 30.2 Å². The monoisotopic (exact) mass is 521 g/mol. The van der Waals surface area contributed by atoms with Crippen LogP contribution in [0.1, 0.15) is 61.5 Å². The summed E-state index contributed by atoms with van der Waals surface area (Å²) in [7, 11) is 1.62. The van der Waals surface area contributed by atoms with E-state index in [-0.39, 0.29) is 23.9 Å². The number of aliphatic hydroxyl groups excluding tert-OH is 1. The summed E-state index contributed by atoms with van der Waals surface area (Å²) in [5.41, 5.74) is 3.86. The zero-order valence-corrected chi connectivity index (χ0v) is 22.0. The zero-order valence-electron chi connectivity index (χ0n) is 22.0. The highest BCUT2D eigenvalue weighted by atomic mass is 16.5. The quantitative estimate of drug-likeness (QED) is 0.339. The second-order valence-corrected chi connectivity index (χ2v) is 10.4. The Labute approximate surface area is 221 Å². The summed E-state index contributed by atoms with van der Waals surface area (Å²) in [4.78, 5) is 37.6. The Morgan fingerprint density at radius 3 is 2.47 bits per heavy atom. The number of hydrogen-bond acceptors (Lipinski definition) is 7. The molecule has 2 amide bonds. The second-order valence-electron chi connectivity index (χ2n) is 10.4. The zero-order chi connectivity index (χ0) is 26.8. The number of carbonyl (C=O) groups is 2. The van der Waals surface area contributed by atoms with Crippen LogP contribution in [0.2, 0.25) is 0 Å². The maximum Gasteiger partial charge on any atom is 0.255 e. The third kappa shape index (κ3) is 5.60. The normalized spacial score (nSPS) is 20.1. The number of H-pyrrole nitrogens is 1. The molecule has 0 radical (unpaired) electrons. The van der Waals surface area contributed by atoms with Gasteiger partial charge in [0.15, 0.2) is 0 Å². The Morgan fingerprint density at radius 2 is 1.82 bits per heavy atom. The fourth-order valence-electron chi connectivity index (χ4n) is 5.00. The van der Waals surface area contributed by atoms with Gasteiger partial charge in [-0.2, -0.15) is 0 Å². The van der Waals surface area contributed by atoms with Gasteiger partial charge in [-0.1, -0.05) is 0 Å². The van der Waals surface area contributed by atoms with Crippen LogP contribution in [0.3, 0.4) is 0 Å². The van der Waals surface area contributed by atoms with E-state index in [1.807, 2.05) is 25.1 Å². The molecule has 2 aromatic heterocycles. The molecular weight excluding hydrogens is 486 g/mol. The van der Waals surface area contributed by atoms with Crippen molar-refractivity contribution in [2.45, 2.75) is 70.6 Å². The van der Waals surface area contributed by atoms with Crippen molar-refractivity contribution in [2.24, 2.45) is 5.92 Å². The van der Waals surface area contributed by atoms with Crippen LogP contribution in [0.15, 0.2) is 24.5 Å². The number of nitrogens with one attached hydrogen (secondary N) is 3. The first-order valence-corrected chi connectivity index (χ1v) is 13.3. The SMILES string of the molecule is COc1ccc(OCC2CC2)c(-c2ncnc3c(C(=O)NC4CCC(NC(=O)[C@H](C)O)CC4)c(C)[nH]c23)c1. The molecule has 0 aliphatic heterocycles. The molecule has 2 heterocycles. The summed E-state index contributed by atoms with van der Waals surface area (Å²) in [6.45, 7) is 3.98. The average molecular weight is 522 g/mol. The lowest BCUT2D eigenvalue weighted by Gasteiger charge is -2.30. The van der Waals surface area contributed by atoms with Crippen LogP contribution < -0.4 is 20.1 Å². The molecule has 4 N–H and O–H groups in total. The number of rotatable bonds is 9. The predicted molar refractivity (Wildman–Crippen MR) is 142 cm³/mol. The van der Waals surface area contributed by atoms with Gasteiger partial charge in [-0.05, 0) is 76.5 Å². The molecule has 0 unspecified atom stereocenters. The number of aryl methyl sites for hydroxylation is 1. The lowest BCUT2D eigenvalue weighted by Crippen LogP contribution is -2.46. The lowest BCUT2D eigenvalue weighted by atomic mass is 9.90. The molecule has 38 heavy (non-hydrogen) atoms. The molecule has 202 valence electrons. The summed E-state index contributed by atoms with van der Waals surface area (Å²) < 4.78 is 11.6. The largest absolute Gasteiger partial charge is 0.497 e. The number of nitrogens with zero attached hydrogens (tertiary/aromatic N) is 2. The molecule has 10 heteroatoms. The highest BCUT2D eigenvalue weighted by Crippen LogP contribution is 2.38. The molecule has 2 saturated carbocycles. The fraction of sp³-hybridized carbons (Fsp3) is 0.500. The van der Waals surface area contributed by atoms with Crippen LogP contribution in [-0.4, -0.2) is 63.8 Å². The Balaban J connectivity index is 1.36. The first kappa shape index (κ1) is 26.0. The Morgan fingerprint density at radius 1 is 1.11 bits per heavy atom. The standard InChI is InChI=1S/C28H35N5O5/c1-15-23(28(36)33-19-8-6-18(7-9-19)32-27(35)16(2)34)25-26(31-15)24(29-14-30-25)21-12-20(37-3)10-11-22(21)38-13-17-4-5-17/h10-12,14,16-19,31,34H,4-9,13H2,1-3H3,(H,32,35)(H,33,36)/t16-,18?,19?/m0/s1. The first-order valence-electron chi connectivity index (χ1n) is 13.3. The second kappa shape index (κ2) is 11.0. The van der Waals surface area contributed by atoms with Gasteiger partial charge in [-0.15, -0.1) is 0 Å². The number of fused-ring (bicyclic) bond motifs is 1. The minimum atomic E-state index is -1.03. The topological polar surface area (TPSA) is 138 Å². The summed E-state index contributed by atoms with van der Waals surface area (Å²) >= 11 is 0. The molecule has 2 fully saturated rings. The van der Waals surface area contributed by atoms with E-state index >= 15 is 0 Å². The van der Waals surface area contributed by atoms with Crippen molar-refractivity contribution in [3.05, 3.63) is 35.8 Å². The first-order chi connectivity index (χ1) is 18.3. The van der Waals surface area contributed by atoms with Gasteiger partial charge >= 0.3 is 0 Å². The molecule has 2 aliphatic rings. The molecule has 0 spiro atoms. The maximum atomic E-state index is 13.4. The van der Waals surface area contributed by atoms with E-state index in [2.05, 4.69) is 25.6 Å². The predicted octanol–water partition coefficient (Wildman–Crippen LogP) is 3.27. The molecular formula is C28H35N5O5. The maximum absolute atomic E-state index is 13.4. The molecule has 10 nitrogen and oxygen atoms in total. The van der Waals surface area contributed by atoms with Crippen molar-refractivity contribution in [3.8, 4) is 22.8 Å². The number of aromatic amines is 1. The number of carbonyl (C=O) groups excluding carboxylic acids is 2. The van der Waals surface area contributed by atoms with Crippen LogP contribution in [0.4, 0.5) is 0 Å². The van der Waals surface area contributed by atoms with Gasteiger partial charge in [-0.3, -0.25) is 9.59 Å². The number of benzene rings is 1. The lowest BCUT2D eigenvalue weighted by molar-refractivity contribution is -0.129. The van der Waals surface area contributed by atoms with Gasteiger partial charge in [0.25, 0.3) is 5.91 Å². The van der Waals surface area contributed by atoms with Crippen molar-refractivity contribution < 1.29 is 24.2 Å². The fourth-order valence-corrected chi connectivity index (χ4v) is 5.00. The van der Waals surface area contributed by atoms with E-state index in [1.54, 1.807) is 7.11 Å². The minimum Gasteiger partial charge on any atom is -0.497 e. The number of hydrogen-bond donors (Lipinski definition) is 4. The molecule has 5 rings (SSSR count). The minimum absolute atomic E-state index is 0.00586. The van der Waals surface area contributed by atoms with Gasteiger partial charge in [-0.25, -0.2) is 9.97 Å². The van der Waals surface area contributed by atoms with Crippen molar-refractivity contribution in [2.75, 3.05) is 13.7 Å². The summed E-state index contributed by atoms with van der Waals surface area (Å²) in [5, 5.41) is 15.4. The van der Waals surface area contributed by atoms with Crippen LogP contribution in [0, 0.1) is 12.8 Å². The molecule has 0 bridgehead atoms.